The van der Waals surface area contributed by atoms with E-state index < -0.39 is 6.04 Å². The van der Waals surface area contributed by atoms with Crippen molar-refractivity contribution in [2.45, 2.75) is 70.5 Å². The van der Waals surface area contributed by atoms with Gasteiger partial charge in [-0.15, -0.1) is 0 Å². The molecule has 32 heavy (non-hydrogen) atoms. The first-order valence-corrected chi connectivity index (χ1v) is 12.2. The summed E-state index contributed by atoms with van der Waals surface area (Å²) in [5.41, 5.74) is 3.45. The van der Waals surface area contributed by atoms with Crippen LogP contribution in [0, 0.1) is 11.3 Å². The average molecular weight is 439 g/mol. The Kier molecular flexibility index (Phi) is 6.03. The predicted octanol–water partition coefficient (Wildman–Crippen LogP) is 2.10. The van der Waals surface area contributed by atoms with Crippen LogP contribution in [0.4, 0.5) is 0 Å². The van der Waals surface area contributed by atoms with E-state index in [1.165, 1.54) is 51.6 Å². The summed E-state index contributed by atoms with van der Waals surface area (Å²) < 4.78 is 0. The molecule has 3 aliphatic heterocycles. The number of amides is 3. The van der Waals surface area contributed by atoms with Gasteiger partial charge >= 0.3 is 0 Å². The van der Waals surface area contributed by atoms with Gasteiger partial charge in [0.05, 0.1) is 0 Å². The molecular formula is C25H34N4O3. The van der Waals surface area contributed by atoms with Crippen molar-refractivity contribution in [3.05, 3.63) is 34.9 Å². The molecule has 1 aromatic carbocycles. The van der Waals surface area contributed by atoms with Gasteiger partial charge < -0.3 is 15.5 Å². The monoisotopic (exact) mass is 438 g/mol. The lowest BCUT2D eigenvalue weighted by Crippen LogP contribution is -2.52. The summed E-state index contributed by atoms with van der Waals surface area (Å²) in [6.07, 6.45) is 8.68. The van der Waals surface area contributed by atoms with Gasteiger partial charge in [0.15, 0.2) is 0 Å². The molecule has 7 heteroatoms. The molecule has 3 heterocycles. The molecule has 1 aliphatic carbocycles. The lowest BCUT2D eigenvalue weighted by atomic mass is 9.66. The second-order valence-electron chi connectivity index (χ2n) is 10.2. The highest BCUT2D eigenvalue weighted by Crippen LogP contribution is 2.44. The molecule has 1 saturated carbocycles. The van der Waals surface area contributed by atoms with Gasteiger partial charge in [-0.2, -0.15) is 0 Å². The number of piperidine rings is 2. The van der Waals surface area contributed by atoms with E-state index in [0.717, 1.165) is 30.1 Å². The van der Waals surface area contributed by atoms with Crippen molar-refractivity contribution in [2.24, 2.45) is 11.3 Å². The Morgan fingerprint density at radius 2 is 1.81 bits per heavy atom. The standard InChI is InChI=1S/C25H34N4O3/c30-22-5-4-21(23(31)28-22)29-16-20-18(2-1-3-19(20)24(29)32)15-27-14-17-6-8-25(9-7-17)10-12-26-13-11-25/h1-3,17,21,26-27H,4-16H2,(H,28,30,31). The number of carbonyl (C=O) groups is 3. The molecule has 1 aromatic rings. The van der Waals surface area contributed by atoms with Crippen LogP contribution in [0.2, 0.25) is 0 Å². The van der Waals surface area contributed by atoms with Gasteiger partial charge in [0.25, 0.3) is 5.91 Å². The van der Waals surface area contributed by atoms with Crippen LogP contribution in [0.15, 0.2) is 18.2 Å². The third-order valence-electron chi connectivity index (χ3n) is 8.26. The minimum Gasteiger partial charge on any atom is -0.322 e. The van der Waals surface area contributed by atoms with Gasteiger partial charge in [-0.25, -0.2) is 0 Å². The highest BCUT2D eigenvalue weighted by atomic mass is 16.2. The molecule has 1 spiro atoms. The van der Waals surface area contributed by atoms with Crippen LogP contribution in [0.25, 0.3) is 0 Å². The number of imide groups is 1. The summed E-state index contributed by atoms with van der Waals surface area (Å²) in [5, 5.41) is 9.52. The Bertz CT molecular complexity index is 898. The van der Waals surface area contributed by atoms with Crippen molar-refractivity contribution in [2.75, 3.05) is 19.6 Å². The number of fused-ring (bicyclic) bond motifs is 1. The van der Waals surface area contributed by atoms with Crippen molar-refractivity contribution < 1.29 is 14.4 Å². The summed E-state index contributed by atoms with van der Waals surface area (Å²) in [5.74, 6) is 0.0183. The van der Waals surface area contributed by atoms with E-state index in [1.807, 2.05) is 12.1 Å². The molecule has 0 aromatic heterocycles. The van der Waals surface area contributed by atoms with E-state index in [4.69, 9.17) is 0 Å². The van der Waals surface area contributed by atoms with Crippen LogP contribution in [0.5, 0.6) is 0 Å². The lowest BCUT2D eigenvalue weighted by molar-refractivity contribution is -0.136. The quantitative estimate of drug-likeness (QED) is 0.613. The van der Waals surface area contributed by atoms with Gasteiger partial charge in [-0.1, -0.05) is 12.1 Å². The van der Waals surface area contributed by atoms with E-state index in [1.54, 1.807) is 4.90 Å². The summed E-state index contributed by atoms with van der Waals surface area (Å²) in [7, 11) is 0. The van der Waals surface area contributed by atoms with Gasteiger partial charge in [-0.05, 0) is 93.1 Å². The van der Waals surface area contributed by atoms with Crippen molar-refractivity contribution in [1.29, 1.82) is 0 Å². The third-order valence-corrected chi connectivity index (χ3v) is 8.26. The van der Waals surface area contributed by atoms with Crippen LogP contribution >= 0.6 is 0 Å². The molecule has 172 valence electrons. The maximum atomic E-state index is 13.0. The van der Waals surface area contributed by atoms with Gasteiger partial charge in [0.1, 0.15) is 6.04 Å². The molecule has 4 aliphatic rings. The number of rotatable bonds is 5. The number of nitrogens with zero attached hydrogens (tertiary/aromatic N) is 1. The van der Waals surface area contributed by atoms with Gasteiger partial charge in [-0.3, -0.25) is 19.7 Å². The Hall–Kier alpha value is -2.25. The summed E-state index contributed by atoms with van der Waals surface area (Å²) in [6.45, 7) is 4.56. The van der Waals surface area contributed by atoms with Crippen LogP contribution in [-0.2, 0) is 22.7 Å². The van der Waals surface area contributed by atoms with Crippen molar-refractivity contribution >= 4 is 17.7 Å². The zero-order valence-electron chi connectivity index (χ0n) is 18.8. The highest BCUT2D eigenvalue weighted by Gasteiger charge is 2.40. The van der Waals surface area contributed by atoms with Crippen LogP contribution in [-0.4, -0.2) is 48.3 Å². The minimum atomic E-state index is -0.557. The molecule has 2 saturated heterocycles. The Labute approximate surface area is 189 Å². The summed E-state index contributed by atoms with van der Waals surface area (Å²) >= 11 is 0. The maximum absolute atomic E-state index is 13.0. The Morgan fingerprint density at radius 3 is 2.56 bits per heavy atom. The molecule has 0 radical (unpaired) electrons. The zero-order valence-corrected chi connectivity index (χ0v) is 18.8. The Morgan fingerprint density at radius 1 is 1.03 bits per heavy atom. The summed E-state index contributed by atoms with van der Waals surface area (Å²) in [6, 6.07) is 5.31. The van der Waals surface area contributed by atoms with E-state index >= 15 is 0 Å². The number of carbonyl (C=O) groups excluding carboxylic acids is 3. The van der Waals surface area contributed by atoms with Crippen LogP contribution in [0.1, 0.15) is 72.9 Å². The molecule has 0 bridgehead atoms. The fourth-order valence-corrected chi connectivity index (χ4v) is 6.18. The van der Waals surface area contributed by atoms with Crippen LogP contribution < -0.4 is 16.0 Å². The zero-order chi connectivity index (χ0) is 22.1. The average Bonchev–Trinajstić information content (AvgIpc) is 3.13. The minimum absolute atomic E-state index is 0.101. The number of hydrogen-bond donors (Lipinski definition) is 3. The van der Waals surface area contributed by atoms with Gasteiger partial charge in [0, 0.05) is 25.1 Å². The van der Waals surface area contributed by atoms with E-state index in [-0.39, 0.29) is 24.1 Å². The smallest absolute Gasteiger partial charge is 0.255 e. The molecule has 3 fully saturated rings. The summed E-state index contributed by atoms with van der Waals surface area (Å²) in [4.78, 5) is 38.4. The number of nitrogens with one attached hydrogen (secondary N) is 3. The fourth-order valence-electron chi connectivity index (χ4n) is 6.18. The fraction of sp³-hybridized carbons (Fsp3) is 0.640. The van der Waals surface area contributed by atoms with Gasteiger partial charge in [0.2, 0.25) is 11.8 Å². The highest BCUT2D eigenvalue weighted by molar-refractivity contribution is 6.05. The van der Waals surface area contributed by atoms with Crippen molar-refractivity contribution in [1.82, 2.24) is 20.9 Å². The maximum Gasteiger partial charge on any atom is 0.255 e. The van der Waals surface area contributed by atoms with Crippen molar-refractivity contribution in [3.63, 3.8) is 0 Å². The predicted molar refractivity (Wildman–Crippen MR) is 121 cm³/mol. The van der Waals surface area contributed by atoms with Crippen molar-refractivity contribution in [3.8, 4) is 0 Å². The SMILES string of the molecule is O=C1CCC(N2Cc3c(CNCC4CCC5(CCNCC5)CC4)cccc3C2=O)C(=O)N1. The lowest BCUT2D eigenvalue weighted by Gasteiger charge is -2.43. The molecule has 3 amide bonds. The molecular weight excluding hydrogens is 404 g/mol. The number of hydrogen-bond acceptors (Lipinski definition) is 5. The third kappa shape index (κ3) is 4.20. The van der Waals surface area contributed by atoms with E-state index in [2.05, 4.69) is 22.0 Å². The first kappa shape index (κ1) is 21.6. The second kappa shape index (κ2) is 8.94. The van der Waals surface area contributed by atoms with E-state index in [0.29, 0.717) is 23.9 Å². The van der Waals surface area contributed by atoms with E-state index in [9.17, 15) is 14.4 Å². The molecule has 7 nitrogen and oxygen atoms in total. The topological polar surface area (TPSA) is 90.5 Å². The molecule has 3 N–H and O–H groups in total. The second-order valence-corrected chi connectivity index (χ2v) is 10.2. The molecule has 1 atom stereocenters. The normalized spacial score (nSPS) is 25.8. The molecule has 1 unspecified atom stereocenters. The Balaban J connectivity index is 1.17. The van der Waals surface area contributed by atoms with Crippen LogP contribution in [0.3, 0.4) is 0 Å². The number of benzene rings is 1. The molecule has 5 rings (SSSR count). The first-order valence-electron chi connectivity index (χ1n) is 12.2. The first-order chi connectivity index (χ1) is 15.5. The largest absolute Gasteiger partial charge is 0.322 e.